The van der Waals surface area contributed by atoms with E-state index in [4.69, 9.17) is 4.74 Å². The molecular weight excluding hydrogens is 258 g/mol. The summed E-state index contributed by atoms with van der Waals surface area (Å²) in [6.45, 7) is 12.0. The van der Waals surface area contributed by atoms with Crippen LogP contribution in [0.15, 0.2) is 0 Å². The number of ether oxygens (including phenoxy) is 1. The third kappa shape index (κ3) is 7.09. The Morgan fingerprint density at radius 2 is 1.89 bits per heavy atom. The van der Waals surface area contributed by atoms with E-state index < -0.39 is 0 Å². The summed E-state index contributed by atoms with van der Waals surface area (Å²) in [5.41, 5.74) is -0.388. The van der Waals surface area contributed by atoms with Crippen LogP contribution < -0.4 is 0 Å². The van der Waals surface area contributed by atoms with E-state index in [1.807, 2.05) is 25.7 Å². The number of rotatable bonds is 4. The van der Waals surface area contributed by atoms with Gasteiger partial charge in [-0.25, -0.2) is 4.79 Å². The highest BCUT2D eigenvalue weighted by molar-refractivity contribution is 7.99. The van der Waals surface area contributed by atoms with E-state index in [0.717, 1.165) is 37.8 Å². The zero-order chi connectivity index (χ0) is 14.5. The topological polar surface area (TPSA) is 29.5 Å². The molecule has 0 radical (unpaired) electrons. The maximum absolute atomic E-state index is 11.9. The molecule has 4 heteroatoms. The molecule has 0 saturated carbocycles. The molecule has 0 unspecified atom stereocenters. The Bertz CT molecular complexity index is 278. The number of hydrogen-bond donors (Lipinski definition) is 0. The molecule has 0 spiro atoms. The summed E-state index contributed by atoms with van der Waals surface area (Å²) in [6.07, 6.45) is 2.08. The van der Waals surface area contributed by atoms with Crippen molar-refractivity contribution in [1.29, 1.82) is 0 Å². The Morgan fingerprint density at radius 1 is 1.32 bits per heavy atom. The Morgan fingerprint density at radius 3 is 2.37 bits per heavy atom. The van der Waals surface area contributed by atoms with Crippen LogP contribution in [0, 0.1) is 11.8 Å². The lowest BCUT2D eigenvalue weighted by atomic mass is 9.99. The van der Waals surface area contributed by atoms with E-state index in [1.165, 1.54) is 11.5 Å². The average molecular weight is 287 g/mol. The first-order chi connectivity index (χ1) is 8.78. The van der Waals surface area contributed by atoms with E-state index in [1.54, 1.807) is 0 Å². The number of amides is 1. The minimum absolute atomic E-state index is 0.152. The fraction of sp³-hybridized carbons (Fsp3) is 0.933. The summed E-state index contributed by atoms with van der Waals surface area (Å²) in [4.78, 5) is 13.8. The molecular formula is C15H29NO2S. The second-order valence-electron chi connectivity index (χ2n) is 6.84. The van der Waals surface area contributed by atoms with Gasteiger partial charge in [-0.3, -0.25) is 0 Å². The first kappa shape index (κ1) is 16.7. The quantitative estimate of drug-likeness (QED) is 0.782. The van der Waals surface area contributed by atoms with Gasteiger partial charge in [-0.2, -0.15) is 11.8 Å². The Hall–Kier alpha value is -0.380. The van der Waals surface area contributed by atoms with Crippen LogP contribution in [0.4, 0.5) is 4.79 Å². The molecule has 0 atom stereocenters. The molecule has 19 heavy (non-hydrogen) atoms. The third-order valence-corrected chi connectivity index (χ3v) is 4.68. The monoisotopic (exact) mass is 287 g/mol. The van der Waals surface area contributed by atoms with Crippen LogP contribution in [0.1, 0.15) is 47.5 Å². The second-order valence-corrected chi connectivity index (χ2v) is 7.92. The van der Waals surface area contributed by atoms with E-state index in [9.17, 15) is 4.79 Å². The van der Waals surface area contributed by atoms with Crippen molar-refractivity contribution in [3.63, 3.8) is 0 Å². The van der Waals surface area contributed by atoms with Gasteiger partial charge >= 0.3 is 6.09 Å². The van der Waals surface area contributed by atoms with Gasteiger partial charge in [0.1, 0.15) is 5.60 Å². The van der Waals surface area contributed by atoms with Crippen molar-refractivity contribution in [2.24, 2.45) is 11.8 Å². The minimum atomic E-state index is -0.388. The highest BCUT2D eigenvalue weighted by Gasteiger charge is 2.26. The third-order valence-electron chi connectivity index (χ3n) is 3.07. The zero-order valence-electron chi connectivity index (χ0n) is 13.1. The molecule has 1 amide bonds. The summed E-state index contributed by atoms with van der Waals surface area (Å²) in [6, 6.07) is 0. The summed E-state index contributed by atoms with van der Waals surface area (Å²) in [7, 11) is 0. The summed E-state index contributed by atoms with van der Waals surface area (Å²) in [5, 5.41) is 0. The van der Waals surface area contributed by atoms with Crippen LogP contribution in [0.25, 0.3) is 0 Å². The van der Waals surface area contributed by atoms with Crippen molar-refractivity contribution in [3.8, 4) is 0 Å². The normalized spacial score (nSPS) is 17.9. The fourth-order valence-corrected chi connectivity index (χ4v) is 3.35. The first-order valence-electron chi connectivity index (χ1n) is 7.33. The number of nitrogens with zero attached hydrogens (tertiary/aromatic N) is 1. The fourth-order valence-electron chi connectivity index (χ4n) is 2.08. The van der Waals surface area contributed by atoms with Gasteiger partial charge in [0.15, 0.2) is 0 Å². The van der Waals surface area contributed by atoms with Crippen LogP contribution in [0.3, 0.4) is 0 Å². The molecule has 0 bridgehead atoms. The van der Waals surface area contributed by atoms with Crippen molar-refractivity contribution in [1.82, 2.24) is 4.90 Å². The van der Waals surface area contributed by atoms with Gasteiger partial charge in [0.25, 0.3) is 0 Å². The van der Waals surface area contributed by atoms with Gasteiger partial charge in [0.2, 0.25) is 0 Å². The van der Waals surface area contributed by atoms with E-state index in [0.29, 0.717) is 0 Å². The lowest BCUT2D eigenvalue weighted by Crippen LogP contribution is -2.42. The molecule has 0 aromatic carbocycles. The molecule has 0 N–H and O–H groups in total. The number of piperidine rings is 1. The molecule has 0 aliphatic carbocycles. The Labute approximate surface area is 122 Å². The van der Waals surface area contributed by atoms with Crippen LogP contribution in [0.5, 0.6) is 0 Å². The smallest absolute Gasteiger partial charge is 0.410 e. The van der Waals surface area contributed by atoms with Crippen molar-refractivity contribution in [2.45, 2.75) is 53.1 Å². The molecule has 0 aromatic rings. The number of carbonyl (C=O) groups excluding carboxylic acids is 1. The van der Waals surface area contributed by atoms with Gasteiger partial charge in [-0.05, 0) is 57.0 Å². The molecule has 1 saturated heterocycles. The summed E-state index contributed by atoms with van der Waals surface area (Å²) < 4.78 is 5.41. The number of thioether (sulfide) groups is 1. The zero-order valence-corrected chi connectivity index (χ0v) is 13.9. The molecule has 1 heterocycles. The maximum Gasteiger partial charge on any atom is 0.410 e. The number of likely N-dealkylation sites (tertiary alicyclic amines) is 1. The molecule has 0 aromatic heterocycles. The van der Waals surface area contributed by atoms with Gasteiger partial charge in [0, 0.05) is 13.1 Å². The van der Waals surface area contributed by atoms with Crippen molar-refractivity contribution in [3.05, 3.63) is 0 Å². The minimum Gasteiger partial charge on any atom is -0.444 e. The van der Waals surface area contributed by atoms with Crippen LogP contribution in [-0.2, 0) is 4.74 Å². The van der Waals surface area contributed by atoms with Gasteiger partial charge < -0.3 is 9.64 Å². The van der Waals surface area contributed by atoms with Crippen LogP contribution >= 0.6 is 11.8 Å². The van der Waals surface area contributed by atoms with Gasteiger partial charge in [-0.15, -0.1) is 0 Å². The maximum atomic E-state index is 11.9. The average Bonchev–Trinajstić information content (AvgIpc) is 2.27. The predicted molar refractivity (Wildman–Crippen MR) is 82.7 cm³/mol. The summed E-state index contributed by atoms with van der Waals surface area (Å²) >= 11 is 2.05. The molecule has 1 aliphatic heterocycles. The van der Waals surface area contributed by atoms with E-state index in [2.05, 4.69) is 25.6 Å². The summed E-state index contributed by atoms with van der Waals surface area (Å²) in [5.74, 6) is 4.02. The van der Waals surface area contributed by atoms with Gasteiger partial charge in [-0.1, -0.05) is 13.8 Å². The molecule has 3 nitrogen and oxygen atoms in total. The molecule has 112 valence electrons. The van der Waals surface area contributed by atoms with E-state index >= 15 is 0 Å². The van der Waals surface area contributed by atoms with Crippen molar-refractivity contribution < 1.29 is 9.53 Å². The van der Waals surface area contributed by atoms with Crippen molar-refractivity contribution >= 4 is 17.9 Å². The highest BCUT2D eigenvalue weighted by atomic mass is 32.2. The first-order valence-corrected chi connectivity index (χ1v) is 8.49. The molecule has 1 fully saturated rings. The standard InChI is InChI=1S/C15H29NO2S/c1-12(2)10-19-11-13-6-8-16(9-7-13)14(17)18-15(3,4)5/h12-13H,6-11H2,1-5H3. The largest absolute Gasteiger partial charge is 0.444 e. The lowest BCUT2D eigenvalue weighted by Gasteiger charge is -2.33. The van der Waals surface area contributed by atoms with Crippen LogP contribution in [0.2, 0.25) is 0 Å². The van der Waals surface area contributed by atoms with Gasteiger partial charge in [0.05, 0.1) is 0 Å². The second kappa shape index (κ2) is 7.41. The Balaban J connectivity index is 2.23. The highest BCUT2D eigenvalue weighted by Crippen LogP contribution is 2.23. The van der Waals surface area contributed by atoms with E-state index in [-0.39, 0.29) is 11.7 Å². The van der Waals surface area contributed by atoms with Crippen LogP contribution in [-0.4, -0.2) is 41.2 Å². The lowest BCUT2D eigenvalue weighted by molar-refractivity contribution is 0.0191. The molecule has 1 aliphatic rings. The van der Waals surface area contributed by atoms with Crippen molar-refractivity contribution in [2.75, 3.05) is 24.6 Å². The Kier molecular flexibility index (Phi) is 6.51. The predicted octanol–water partition coefficient (Wildman–Crippen LogP) is 4.02. The number of carbonyl (C=O) groups is 1. The molecule has 1 rings (SSSR count). The number of hydrogen-bond acceptors (Lipinski definition) is 3. The SMILES string of the molecule is CC(C)CSCC1CCN(C(=O)OC(C)(C)C)CC1.